The molecule has 0 aliphatic carbocycles. The predicted octanol–water partition coefficient (Wildman–Crippen LogP) is 3.93. The highest BCUT2D eigenvalue weighted by molar-refractivity contribution is 9.10. The predicted molar refractivity (Wildman–Crippen MR) is 64.0 cm³/mol. The van der Waals surface area contributed by atoms with Gasteiger partial charge in [-0.25, -0.2) is 0 Å². The van der Waals surface area contributed by atoms with Crippen molar-refractivity contribution < 1.29 is 22.6 Å². The molecule has 3 nitrogen and oxygen atoms in total. The average molecular weight is 326 g/mol. The van der Waals surface area contributed by atoms with Crippen LogP contribution in [0.1, 0.15) is 13.8 Å². The summed E-state index contributed by atoms with van der Waals surface area (Å²) in [5, 5.41) is 3.10. The van der Waals surface area contributed by atoms with E-state index in [-0.39, 0.29) is 5.75 Å². The number of rotatable bonds is 1. The van der Waals surface area contributed by atoms with Crippen LogP contribution in [0.2, 0.25) is 0 Å². The third kappa shape index (κ3) is 3.01. The molecule has 0 atom stereocenters. The van der Waals surface area contributed by atoms with Crippen molar-refractivity contribution in [2.75, 3.05) is 11.9 Å². The zero-order valence-electron chi connectivity index (χ0n) is 9.69. The van der Waals surface area contributed by atoms with Crippen molar-refractivity contribution in [3.63, 3.8) is 0 Å². The molecule has 0 spiro atoms. The van der Waals surface area contributed by atoms with E-state index in [0.717, 1.165) is 0 Å². The third-order valence-electron chi connectivity index (χ3n) is 2.34. The molecular weight excluding hydrogens is 315 g/mol. The maximum atomic E-state index is 12.2. The molecule has 0 amide bonds. The second-order valence-electron chi connectivity index (χ2n) is 4.54. The van der Waals surface area contributed by atoms with Gasteiger partial charge in [0, 0.05) is 10.5 Å². The van der Waals surface area contributed by atoms with Crippen LogP contribution in [0.5, 0.6) is 11.5 Å². The average Bonchev–Trinajstić information content (AvgIpc) is 2.11. The van der Waals surface area contributed by atoms with E-state index in [1.165, 1.54) is 12.1 Å². The molecule has 2 rings (SSSR count). The number of alkyl halides is 3. The molecule has 7 heteroatoms. The molecule has 0 bridgehead atoms. The number of benzene rings is 1. The Hall–Kier alpha value is -1.11. The first-order chi connectivity index (χ1) is 8.16. The Bertz CT molecular complexity index is 474. The van der Waals surface area contributed by atoms with Gasteiger partial charge in [0.15, 0.2) is 0 Å². The molecule has 0 aromatic heterocycles. The van der Waals surface area contributed by atoms with E-state index in [2.05, 4.69) is 26.0 Å². The van der Waals surface area contributed by atoms with E-state index in [1.807, 2.05) is 13.8 Å². The van der Waals surface area contributed by atoms with Gasteiger partial charge >= 0.3 is 6.36 Å². The lowest BCUT2D eigenvalue weighted by molar-refractivity contribution is -0.274. The second kappa shape index (κ2) is 4.22. The maximum Gasteiger partial charge on any atom is 0.573 e. The molecule has 0 radical (unpaired) electrons. The summed E-state index contributed by atoms with van der Waals surface area (Å²) in [5.74, 6) is 0.0208. The summed E-state index contributed by atoms with van der Waals surface area (Å²) in [6.45, 7) is 4.25. The fourth-order valence-electron chi connectivity index (χ4n) is 1.64. The van der Waals surface area contributed by atoms with Crippen LogP contribution in [0.15, 0.2) is 16.6 Å². The van der Waals surface area contributed by atoms with Crippen LogP contribution in [0, 0.1) is 0 Å². The minimum absolute atomic E-state index is 0.312. The van der Waals surface area contributed by atoms with Crippen LogP contribution in [0.4, 0.5) is 18.9 Å². The summed E-state index contributed by atoms with van der Waals surface area (Å²) in [7, 11) is 0. The van der Waals surface area contributed by atoms with Crippen LogP contribution in [-0.2, 0) is 0 Å². The van der Waals surface area contributed by atoms with Crippen molar-refractivity contribution in [3.8, 4) is 11.5 Å². The SMILES string of the molecule is CC1(C)CNc2c(Br)cc(OC(F)(F)F)cc2O1. The van der Waals surface area contributed by atoms with Crippen LogP contribution < -0.4 is 14.8 Å². The summed E-state index contributed by atoms with van der Waals surface area (Å²) < 4.78 is 46.5. The standard InChI is InChI=1S/C11H11BrF3NO2/c1-10(2)5-16-9-7(12)3-6(4-8(9)18-10)17-11(13,14)15/h3-4,16H,5H2,1-2H3. The Morgan fingerprint density at radius 3 is 2.67 bits per heavy atom. The molecule has 1 aliphatic heterocycles. The Kier molecular flexibility index (Phi) is 3.12. The third-order valence-corrected chi connectivity index (χ3v) is 2.96. The first kappa shape index (κ1) is 13.3. The molecule has 0 fully saturated rings. The molecule has 1 aromatic rings. The molecule has 1 aliphatic rings. The summed E-state index contributed by atoms with van der Waals surface area (Å²) in [5.41, 5.74) is 0.146. The Balaban J connectivity index is 2.35. The number of hydrogen-bond acceptors (Lipinski definition) is 3. The fourth-order valence-corrected chi connectivity index (χ4v) is 2.20. The minimum Gasteiger partial charge on any atom is -0.484 e. The van der Waals surface area contributed by atoms with E-state index < -0.39 is 12.0 Å². The van der Waals surface area contributed by atoms with Gasteiger partial charge in [0.05, 0.1) is 12.2 Å². The lowest BCUT2D eigenvalue weighted by atomic mass is 10.1. The van der Waals surface area contributed by atoms with E-state index in [0.29, 0.717) is 22.5 Å². The summed E-state index contributed by atoms with van der Waals surface area (Å²) in [6.07, 6.45) is -4.72. The Morgan fingerprint density at radius 1 is 1.39 bits per heavy atom. The van der Waals surface area contributed by atoms with Crippen LogP contribution in [-0.4, -0.2) is 18.5 Å². The first-order valence-electron chi connectivity index (χ1n) is 5.18. The molecule has 0 unspecified atom stereocenters. The van der Waals surface area contributed by atoms with E-state index in [9.17, 15) is 13.2 Å². The summed E-state index contributed by atoms with van der Waals surface area (Å²) >= 11 is 3.19. The van der Waals surface area contributed by atoms with Crippen LogP contribution >= 0.6 is 15.9 Å². The number of anilines is 1. The van der Waals surface area contributed by atoms with E-state index in [1.54, 1.807) is 0 Å². The zero-order chi connectivity index (χ0) is 13.6. The van der Waals surface area contributed by atoms with Gasteiger partial charge in [-0.2, -0.15) is 0 Å². The quantitative estimate of drug-likeness (QED) is 0.848. The zero-order valence-corrected chi connectivity index (χ0v) is 11.3. The first-order valence-corrected chi connectivity index (χ1v) is 5.98. The van der Waals surface area contributed by atoms with E-state index in [4.69, 9.17) is 4.74 Å². The molecule has 18 heavy (non-hydrogen) atoms. The van der Waals surface area contributed by atoms with Gasteiger partial charge in [-0.15, -0.1) is 13.2 Å². The summed E-state index contributed by atoms with van der Waals surface area (Å²) in [6, 6.07) is 2.47. The fraction of sp³-hybridized carbons (Fsp3) is 0.455. The Labute approximate surface area is 110 Å². The minimum atomic E-state index is -4.72. The highest BCUT2D eigenvalue weighted by Crippen LogP contribution is 2.42. The van der Waals surface area contributed by atoms with Gasteiger partial charge in [0.2, 0.25) is 0 Å². The van der Waals surface area contributed by atoms with Crippen molar-refractivity contribution >= 4 is 21.6 Å². The van der Waals surface area contributed by atoms with Gasteiger partial charge in [0.25, 0.3) is 0 Å². The lowest BCUT2D eigenvalue weighted by Crippen LogP contribution is -2.40. The monoisotopic (exact) mass is 325 g/mol. The topological polar surface area (TPSA) is 30.5 Å². The Morgan fingerprint density at radius 2 is 2.06 bits per heavy atom. The van der Waals surface area contributed by atoms with Gasteiger partial charge in [-0.3, -0.25) is 0 Å². The van der Waals surface area contributed by atoms with Crippen LogP contribution in [0.25, 0.3) is 0 Å². The summed E-state index contributed by atoms with van der Waals surface area (Å²) in [4.78, 5) is 0. The van der Waals surface area contributed by atoms with Crippen molar-refractivity contribution in [2.24, 2.45) is 0 Å². The van der Waals surface area contributed by atoms with Crippen molar-refractivity contribution in [1.29, 1.82) is 0 Å². The van der Waals surface area contributed by atoms with Gasteiger partial charge < -0.3 is 14.8 Å². The highest BCUT2D eigenvalue weighted by atomic mass is 79.9. The maximum absolute atomic E-state index is 12.2. The highest BCUT2D eigenvalue weighted by Gasteiger charge is 2.33. The normalized spacial score (nSPS) is 17.4. The lowest BCUT2D eigenvalue weighted by Gasteiger charge is -2.34. The van der Waals surface area contributed by atoms with Gasteiger partial charge in [-0.05, 0) is 35.8 Å². The molecule has 0 saturated heterocycles. The van der Waals surface area contributed by atoms with Gasteiger partial charge in [0.1, 0.15) is 17.1 Å². The number of halogens is 4. The smallest absolute Gasteiger partial charge is 0.484 e. The molecule has 0 saturated carbocycles. The molecule has 1 N–H and O–H groups in total. The molecular formula is C11H11BrF3NO2. The number of nitrogens with one attached hydrogen (secondary N) is 1. The van der Waals surface area contributed by atoms with Crippen molar-refractivity contribution in [3.05, 3.63) is 16.6 Å². The second-order valence-corrected chi connectivity index (χ2v) is 5.40. The van der Waals surface area contributed by atoms with Crippen molar-refractivity contribution in [2.45, 2.75) is 25.8 Å². The molecule has 100 valence electrons. The van der Waals surface area contributed by atoms with Gasteiger partial charge in [-0.1, -0.05) is 0 Å². The number of fused-ring (bicyclic) bond motifs is 1. The van der Waals surface area contributed by atoms with E-state index >= 15 is 0 Å². The number of hydrogen-bond donors (Lipinski definition) is 1. The largest absolute Gasteiger partial charge is 0.573 e. The number of ether oxygens (including phenoxy) is 2. The van der Waals surface area contributed by atoms with Crippen LogP contribution in [0.3, 0.4) is 0 Å². The van der Waals surface area contributed by atoms with Crippen molar-refractivity contribution in [1.82, 2.24) is 0 Å². The molecule has 1 aromatic carbocycles. The molecule has 1 heterocycles.